The van der Waals surface area contributed by atoms with Crippen LogP contribution in [0.5, 0.6) is 0 Å². The first-order valence-corrected chi connectivity index (χ1v) is 6.45. The third-order valence-electron chi connectivity index (χ3n) is 3.03. The predicted molar refractivity (Wildman–Crippen MR) is 71.6 cm³/mol. The molecule has 0 amide bonds. The molecule has 1 aromatic heterocycles. The lowest BCUT2D eigenvalue weighted by atomic mass is 9.84. The number of pyridine rings is 1. The number of nitrogens with zero attached hydrogens (tertiary/aromatic N) is 1. The van der Waals surface area contributed by atoms with Gasteiger partial charge in [-0.05, 0) is 30.2 Å². The molecular weight excluding hydrogens is 297 g/mol. The quantitative estimate of drug-likeness (QED) is 0.939. The van der Waals surface area contributed by atoms with E-state index in [2.05, 4.69) is 20.9 Å². The van der Waals surface area contributed by atoms with Gasteiger partial charge in [-0.3, -0.25) is 4.98 Å². The first-order valence-electron chi connectivity index (χ1n) is 5.66. The number of benzene rings is 1. The molecule has 2 aromatic rings. The highest BCUT2D eigenvalue weighted by molar-refractivity contribution is 9.10. The van der Waals surface area contributed by atoms with Crippen LogP contribution < -0.4 is 0 Å². The van der Waals surface area contributed by atoms with Crippen molar-refractivity contribution >= 4 is 15.9 Å². The lowest BCUT2D eigenvalue weighted by Gasteiger charge is -2.28. The van der Waals surface area contributed by atoms with E-state index in [0.717, 1.165) is 10.7 Å². The van der Waals surface area contributed by atoms with Crippen molar-refractivity contribution in [1.82, 2.24) is 4.98 Å². The smallest absolute Gasteiger partial charge is 0.147 e. The second kappa shape index (κ2) is 5.16. The van der Waals surface area contributed by atoms with E-state index < -0.39 is 11.4 Å². The topological polar surface area (TPSA) is 33.1 Å². The summed E-state index contributed by atoms with van der Waals surface area (Å²) in [5.74, 6) is -0.498. The standard InChI is InChI=1S/C14H13BrFNO/c1-2-14(18,10-4-3-5-11(15)8-10)12-6-7-17-9-13(12)16/h3-9,18H,2H2,1H3. The Bertz CT molecular complexity index is 561. The zero-order chi connectivity index (χ0) is 13.2. The van der Waals surface area contributed by atoms with E-state index in [-0.39, 0.29) is 5.56 Å². The molecule has 0 saturated carbocycles. The van der Waals surface area contributed by atoms with Gasteiger partial charge in [0.2, 0.25) is 0 Å². The highest BCUT2D eigenvalue weighted by atomic mass is 79.9. The Morgan fingerprint density at radius 2 is 2.17 bits per heavy atom. The first-order chi connectivity index (χ1) is 8.58. The minimum absolute atomic E-state index is 0.248. The summed E-state index contributed by atoms with van der Waals surface area (Å²) in [5, 5.41) is 10.8. The summed E-state index contributed by atoms with van der Waals surface area (Å²) in [6.45, 7) is 1.82. The molecule has 0 radical (unpaired) electrons. The van der Waals surface area contributed by atoms with Crippen molar-refractivity contribution in [3.05, 3.63) is 64.1 Å². The summed E-state index contributed by atoms with van der Waals surface area (Å²) in [6.07, 6.45) is 2.98. The number of halogens is 2. The van der Waals surface area contributed by atoms with Crippen LogP contribution in [0.15, 0.2) is 47.2 Å². The maximum absolute atomic E-state index is 13.8. The minimum Gasteiger partial charge on any atom is -0.380 e. The van der Waals surface area contributed by atoms with Crippen LogP contribution in [-0.4, -0.2) is 10.1 Å². The van der Waals surface area contributed by atoms with E-state index in [4.69, 9.17) is 0 Å². The minimum atomic E-state index is -1.34. The molecule has 1 unspecified atom stereocenters. The summed E-state index contributed by atoms with van der Waals surface area (Å²) >= 11 is 3.36. The highest BCUT2D eigenvalue weighted by Crippen LogP contribution is 2.35. The van der Waals surface area contributed by atoms with Crippen molar-refractivity contribution in [3.63, 3.8) is 0 Å². The van der Waals surface area contributed by atoms with Gasteiger partial charge in [0.1, 0.15) is 11.4 Å². The Morgan fingerprint density at radius 1 is 1.39 bits per heavy atom. The SMILES string of the molecule is CCC(O)(c1cccc(Br)c1)c1ccncc1F. The van der Waals surface area contributed by atoms with Crippen molar-refractivity contribution in [3.8, 4) is 0 Å². The number of hydrogen-bond acceptors (Lipinski definition) is 2. The zero-order valence-electron chi connectivity index (χ0n) is 9.90. The molecule has 4 heteroatoms. The van der Waals surface area contributed by atoms with E-state index in [9.17, 15) is 9.50 Å². The van der Waals surface area contributed by atoms with E-state index in [0.29, 0.717) is 12.0 Å². The Kier molecular flexibility index (Phi) is 3.78. The van der Waals surface area contributed by atoms with E-state index in [1.165, 1.54) is 12.3 Å². The van der Waals surface area contributed by atoms with Crippen LogP contribution in [0.3, 0.4) is 0 Å². The monoisotopic (exact) mass is 309 g/mol. The van der Waals surface area contributed by atoms with Gasteiger partial charge in [0.25, 0.3) is 0 Å². The Morgan fingerprint density at radius 3 is 2.78 bits per heavy atom. The number of hydrogen-bond donors (Lipinski definition) is 1. The van der Waals surface area contributed by atoms with Gasteiger partial charge in [-0.1, -0.05) is 35.0 Å². The Labute approximate surface area is 114 Å². The fourth-order valence-corrected chi connectivity index (χ4v) is 2.41. The van der Waals surface area contributed by atoms with Gasteiger partial charge in [0.05, 0.1) is 6.20 Å². The van der Waals surface area contributed by atoms with Crippen LogP contribution in [0, 0.1) is 5.82 Å². The lowest BCUT2D eigenvalue weighted by Crippen LogP contribution is -2.27. The van der Waals surface area contributed by atoms with Crippen LogP contribution >= 0.6 is 15.9 Å². The van der Waals surface area contributed by atoms with Gasteiger partial charge >= 0.3 is 0 Å². The van der Waals surface area contributed by atoms with Crippen molar-refractivity contribution in [2.24, 2.45) is 0 Å². The molecule has 0 aliphatic rings. The van der Waals surface area contributed by atoms with Gasteiger partial charge in [-0.2, -0.15) is 0 Å². The Balaban J connectivity index is 2.59. The van der Waals surface area contributed by atoms with E-state index in [1.54, 1.807) is 12.1 Å². The average Bonchev–Trinajstić information content (AvgIpc) is 2.38. The molecule has 0 bridgehead atoms. The molecule has 0 saturated heterocycles. The van der Waals surface area contributed by atoms with Gasteiger partial charge < -0.3 is 5.11 Å². The van der Waals surface area contributed by atoms with E-state index in [1.807, 2.05) is 19.1 Å². The van der Waals surface area contributed by atoms with Crippen molar-refractivity contribution in [1.29, 1.82) is 0 Å². The molecule has 2 rings (SSSR count). The molecule has 0 spiro atoms. The van der Waals surface area contributed by atoms with Gasteiger partial charge in [-0.25, -0.2) is 4.39 Å². The van der Waals surface area contributed by atoms with Crippen LogP contribution in [-0.2, 0) is 5.60 Å². The van der Waals surface area contributed by atoms with Gasteiger partial charge in [0.15, 0.2) is 0 Å². The number of rotatable bonds is 3. The highest BCUT2D eigenvalue weighted by Gasteiger charge is 2.32. The molecular formula is C14H13BrFNO. The summed E-state index contributed by atoms with van der Waals surface area (Å²) in [7, 11) is 0. The molecule has 1 N–H and O–H groups in total. The molecule has 0 aliphatic carbocycles. The molecule has 18 heavy (non-hydrogen) atoms. The van der Waals surface area contributed by atoms with Crippen LogP contribution in [0.4, 0.5) is 4.39 Å². The van der Waals surface area contributed by atoms with Crippen LogP contribution in [0.25, 0.3) is 0 Å². The summed E-state index contributed by atoms with van der Waals surface area (Å²) in [5.41, 5.74) is -0.431. The average molecular weight is 310 g/mol. The summed E-state index contributed by atoms with van der Waals surface area (Å²) in [4.78, 5) is 3.71. The molecule has 1 aromatic carbocycles. The van der Waals surface area contributed by atoms with Crippen molar-refractivity contribution < 1.29 is 9.50 Å². The number of aromatic nitrogens is 1. The Hall–Kier alpha value is -1.26. The maximum Gasteiger partial charge on any atom is 0.147 e. The van der Waals surface area contributed by atoms with E-state index >= 15 is 0 Å². The normalized spacial score (nSPS) is 14.2. The van der Waals surface area contributed by atoms with Gasteiger partial charge in [-0.15, -0.1) is 0 Å². The first kappa shape index (κ1) is 13.2. The van der Waals surface area contributed by atoms with Gasteiger partial charge in [0, 0.05) is 16.2 Å². The van der Waals surface area contributed by atoms with Crippen LogP contribution in [0.1, 0.15) is 24.5 Å². The predicted octanol–water partition coefficient (Wildman–Crippen LogP) is 3.63. The fraction of sp³-hybridized carbons (Fsp3) is 0.214. The zero-order valence-corrected chi connectivity index (χ0v) is 11.5. The van der Waals surface area contributed by atoms with Crippen LogP contribution in [0.2, 0.25) is 0 Å². The second-order valence-corrected chi connectivity index (χ2v) is 5.00. The lowest BCUT2D eigenvalue weighted by molar-refractivity contribution is 0.0723. The summed E-state index contributed by atoms with van der Waals surface area (Å²) < 4.78 is 14.7. The maximum atomic E-state index is 13.8. The third kappa shape index (κ3) is 2.31. The second-order valence-electron chi connectivity index (χ2n) is 4.08. The molecule has 0 aliphatic heterocycles. The molecule has 1 heterocycles. The third-order valence-corrected chi connectivity index (χ3v) is 3.53. The largest absolute Gasteiger partial charge is 0.380 e. The van der Waals surface area contributed by atoms with Crippen molar-refractivity contribution in [2.45, 2.75) is 18.9 Å². The molecule has 0 fully saturated rings. The molecule has 2 nitrogen and oxygen atoms in total. The number of aliphatic hydroxyl groups is 1. The van der Waals surface area contributed by atoms with Crippen molar-refractivity contribution in [2.75, 3.05) is 0 Å². The fourth-order valence-electron chi connectivity index (χ4n) is 2.01. The molecule has 94 valence electrons. The molecule has 1 atom stereocenters. The summed E-state index contributed by atoms with van der Waals surface area (Å²) in [6, 6.07) is 8.78.